The predicted molar refractivity (Wildman–Crippen MR) is 100 cm³/mol. The summed E-state index contributed by atoms with van der Waals surface area (Å²) < 4.78 is 6.01. The van der Waals surface area contributed by atoms with Crippen molar-refractivity contribution >= 4 is 16.7 Å². The van der Waals surface area contributed by atoms with E-state index in [-0.39, 0.29) is 11.8 Å². The molecule has 2 aromatic carbocycles. The van der Waals surface area contributed by atoms with Crippen molar-refractivity contribution < 1.29 is 9.53 Å². The first-order valence-electron chi connectivity index (χ1n) is 9.09. The highest BCUT2D eigenvalue weighted by Crippen LogP contribution is 2.31. The summed E-state index contributed by atoms with van der Waals surface area (Å²) in [5.41, 5.74) is 3.51. The average Bonchev–Trinajstić information content (AvgIpc) is 2.67. The average molecular weight is 341 g/mol. The van der Waals surface area contributed by atoms with Crippen LogP contribution in [0.3, 0.4) is 0 Å². The van der Waals surface area contributed by atoms with Crippen molar-refractivity contribution in [2.24, 2.45) is 11.8 Å². The fourth-order valence-corrected chi connectivity index (χ4v) is 3.58. The van der Waals surface area contributed by atoms with Crippen molar-refractivity contribution in [2.45, 2.75) is 32.7 Å². The van der Waals surface area contributed by atoms with Crippen LogP contribution in [0.2, 0.25) is 0 Å². The van der Waals surface area contributed by atoms with Gasteiger partial charge in [-0.3, -0.25) is 15.1 Å². The molecule has 1 heterocycles. The van der Waals surface area contributed by atoms with Gasteiger partial charge in [-0.2, -0.15) is 0 Å². The summed E-state index contributed by atoms with van der Waals surface area (Å²) in [7, 11) is 0. The van der Waals surface area contributed by atoms with Crippen LogP contribution in [0.5, 0.6) is 5.75 Å². The van der Waals surface area contributed by atoms with Crippen molar-refractivity contribution in [3.05, 3.63) is 42.0 Å². The highest BCUT2D eigenvalue weighted by molar-refractivity contribution is 5.87. The molecule has 5 nitrogen and oxygen atoms in total. The van der Waals surface area contributed by atoms with E-state index in [9.17, 15) is 4.79 Å². The van der Waals surface area contributed by atoms with Crippen molar-refractivity contribution in [3.63, 3.8) is 0 Å². The second-order valence-electron chi connectivity index (χ2n) is 6.69. The molecule has 1 aliphatic heterocycles. The second kappa shape index (κ2) is 8.32. The maximum atomic E-state index is 11.9. The molecule has 0 bridgehead atoms. The highest BCUT2D eigenvalue weighted by Gasteiger charge is 2.26. The Morgan fingerprint density at radius 3 is 2.96 bits per heavy atom. The largest absolute Gasteiger partial charge is 0.493 e. The summed E-state index contributed by atoms with van der Waals surface area (Å²) in [6, 6.07) is 12.6. The third-order valence-electron chi connectivity index (χ3n) is 4.86. The molecule has 1 saturated heterocycles. The van der Waals surface area contributed by atoms with Crippen molar-refractivity contribution in [2.75, 3.05) is 19.7 Å². The molecule has 25 heavy (non-hydrogen) atoms. The van der Waals surface area contributed by atoms with Crippen LogP contribution in [-0.2, 0) is 11.3 Å². The van der Waals surface area contributed by atoms with E-state index in [0.29, 0.717) is 6.61 Å². The number of benzene rings is 2. The van der Waals surface area contributed by atoms with E-state index >= 15 is 0 Å². The van der Waals surface area contributed by atoms with E-state index in [0.717, 1.165) is 44.6 Å². The maximum absolute atomic E-state index is 11.9. The lowest BCUT2D eigenvalue weighted by Crippen LogP contribution is -2.44. The third-order valence-corrected chi connectivity index (χ3v) is 4.86. The number of carbonyl (C=O) groups is 1. The molecule has 1 fully saturated rings. The van der Waals surface area contributed by atoms with E-state index in [2.05, 4.69) is 53.6 Å². The molecule has 0 spiro atoms. The molecule has 0 radical (unpaired) electrons. The third kappa shape index (κ3) is 4.11. The van der Waals surface area contributed by atoms with Crippen molar-refractivity contribution in [3.8, 4) is 5.75 Å². The second-order valence-corrected chi connectivity index (χ2v) is 6.69. The maximum Gasteiger partial charge on any atom is 0.238 e. The molecule has 1 amide bonds. The smallest absolute Gasteiger partial charge is 0.238 e. The summed E-state index contributed by atoms with van der Waals surface area (Å²) in [6.07, 6.45) is 2.89. The van der Waals surface area contributed by atoms with Crippen molar-refractivity contribution in [1.29, 1.82) is 0 Å². The number of carbonyl (C=O) groups excluding carboxylic acids is 1. The number of hydrogen-bond donors (Lipinski definition) is 2. The van der Waals surface area contributed by atoms with Gasteiger partial charge in [0.2, 0.25) is 5.91 Å². The van der Waals surface area contributed by atoms with Crippen LogP contribution in [0.25, 0.3) is 10.8 Å². The van der Waals surface area contributed by atoms with E-state index in [1.807, 2.05) is 0 Å². The Hall–Kier alpha value is -2.11. The minimum atomic E-state index is -0.0647. The van der Waals surface area contributed by atoms with Crippen LogP contribution < -0.4 is 16.0 Å². The van der Waals surface area contributed by atoms with Crippen molar-refractivity contribution in [1.82, 2.24) is 10.3 Å². The van der Waals surface area contributed by atoms with Gasteiger partial charge in [0.25, 0.3) is 0 Å². The number of nitrogens with two attached hydrogens (primary N) is 1. The molecule has 3 N–H and O–H groups in total. The standard InChI is InChI=1S/C20H27N3O2/c1-2-12-25-19-10-9-15-6-3-4-8-17(15)18(19)14-23-11-5-7-16(13-23)20(24)22-21/h3-4,6,8-10,16H,2,5,7,11-14,21H2,1H3,(H,22,24). The minimum absolute atomic E-state index is 0.0336. The number of nitrogens with one attached hydrogen (secondary N) is 1. The van der Waals surface area contributed by atoms with Gasteiger partial charge < -0.3 is 4.74 Å². The topological polar surface area (TPSA) is 67.6 Å². The predicted octanol–water partition coefficient (Wildman–Crippen LogP) is 2.83. The van der Waals surface area contributed by atoms with Crippen LogP contribution in [0.4, 0.5) is 0 Å². The fraction of sp³-hybridized carbons (Fsp3) is 0.450. The van der Waals surface area contributed by atoms with Gasteiger partial charge >= 0.3 is 0 Å². The lowest BCUT2D eigenvalue weighted by atomic mass is 9.96. The SMILES string of the molecule is CCCOc1ccc2ccccc2c1CN1CCCC(C(=O)NN)C1. The fourth-order valence-electron chi connectivity index (χ4n) is 3.58. The number of piperidine rings is 1. The number of rotatable bonds is 6. The summed E-state index contributed by atoms with van der Waals surface area (Å²) >= 11 is 0. The Morgan fingerprint density at radius 2 is 2.16 bits per heavy atom. The summed E-state index contributed by atoms with van der Waals surface area (Å²) in [5, 5.41) is 2.44. The Balaban J connectivity index is 1.86. The van der Waals surface area contributed by atoms with Crippen LogP contribution in [-0.4, -0.2) is 30.5 Å². The van der Waals surface area contributed by atoms with E-state index < -0.39 is 0 Å². The van der Waals surface area contributed by atoms with Gasteiger partial charge in [0.15, 0.2) is 0 Å². The Bertz CT molecular complexity index is 732. The number of ether oxygens (including phenoxy) is 1. The lowest BCUT2D eigenvalue weighted by molar-refractivity contribution is -0.126. The number of nitrogens with zero attached hydrogens (tertiary/aromatic N) is 1. The first kappa shape index (κ1) is 17.7. The molecule has 5 heteroatoms. The van der Waals surface area contributed by atoms with Gasteiger partial charge in [-0.25, -0.2) is 5.84 Å². The lowest BCUT2D eigenvalue weighted by Gasteiger charge is -2.32. The molecule has 0 aliphatic carbocycles. The van der Waals surface area contributed by atoms with Gasteiger partial charge in [-0.15, -0.1) is 0 Å². The summed E-state index contributed by atoms with van der Waals surface area (Å²) in [6.45, 7) is 5.34. The molecule has 0 saturated carbocycles. The number of fused-ring (bicyclic) bond motifs is 1. The van der Waals surface area contributed by atoms with Gasteiger partial charge in [-0.1, -0.05) is 37.3 Å². The molecule has 0 aromatic heterocycles. The van der Waals surface area contributed by atoms with Gasteiger partial charge in [0.1, 0.15) is 5.75 Å². The summed E-state index contributed by atoms with van der Waals surface area (Å²) in [4.78, 5) is 14.2. The number of hydrazine groups is 1. The molecular formula is C20H27N3O2. The van der Waals surface area contributed by atoms with E-state index in [1.165, 1.54) is 16.3 Å². The summed E-state index contributed by atoms with van der Waals surface area (Å²) in [5.74, 6) is 6.17. The minimum Gasteiger partial charge on any atom is -0.493 e. The Labute approximate surface area is 149 Å². The normalized spacial score (nSPS) is 18.2. The zero-order chi connectivity index (χ0) is 17.6. The van der Waals surface area contributed by atoms with Crippen LogP contribution in [0, 0.1) is 5.92 Å². The quantitative estimate of drug-likeness (QED) is 0.482. The molecule has 1 aliphatic rings. The zero-order valence-corrected chi connectivity index (χ0v) is 14.8. The molecule has 1 unspecified atom stereocenters. The molecule has 134 valence electrons. The van der Waals surface area contributed by atoms with Crippen LogP contribution >= 0.6 is 0 Å². The van der Waals surface area contributed by atoms with Gasteiger partial charge in [-0.05, 0) is 42.6 Å². The molecule has 1 atom stereocenters. The number of hydrogen-bond acceptors (Lipinski definition) is 4. The Kier molecular flexibility index (Phi) is 5.89. The van der Waals surface area contributed by atoms with Gasteiger partial charge in [0, 0.05) is 18.7 Å². The number of amides is 1. The highest BCUT2D eigenvalue weighted by atomic mass is 16.5. The molecule has 3 rings (SSSR count). The first-order valence-corrected chi connectivity index (χ1v) is 9.09. The molecular weight excluding hydrogens is 314 g/mol. The Morgan fingerprint density at radius 1 is 1.32 bits per heavy atom. The van der Waals surface area contributed by atoms with E-state index in [1.54, 1.807) is 0 Å². The zero-order valence-electron chi connectivity index (χ0n) is 14.8. The number of likely N-dealkylation sites (tertiary alicyclic amines) is 1. The first-order chi connectivity index (χ1) is 12.2. The molecule has 2 aromatic rings. The van der Waals surface area contributed by atoms with Crippen LogP contribution in [0.15, 0.2) is 36.4 Å². The monoisotopic (exact) mass is 341 g/mol. The van der Waals surface area contributed by atoms with E-state index in [4.69, 9.17) is 10.6 Å². The van der Waals surface area contributed by atoms with Gasteiger partial charge in [0.05, 0.1) is 12.5 Å². The van der Waals surface area contributed by atoms with Crippen LogP contribution in [0.1, 0.15) is 31.7 Å².